The van der Waals surface area contributed by atoms with Crippen molar-refractivity contribution in [2.75, 3.05) is 17.9 Å². The first-order valence-electron chi connectivity index (χ1n) is 7.29. The fourth-order valence-electron chi connectivity index (χ4n) is 2.63. The average Bonchev–Trinajstić information content (AvgIpc) is 3.24. The first-order chi connectivity index (χ1) is 11.5. The zero-order valence-electron chi connectivity index (χ0n) is 12.4. The molecule has 10 heteroatoms. The minimum absolute atomic E-state index is 0.0176. The molecule has 0 spiro atoms. The fourth-order valence-corrected chi connectivity index (χ4v) is 3.69. The number of sulfonamides is 1. The van der Waals surface area contributed by atoms with Crippen molar-refractivity contribution >= 4 is 26.8 Å². The van der Waals surface area contributed by atoms with Gasteiger partial charge in [0, 0.05) is 12.8 Å². The second kappa shape index (κ2) is 5.49. The predicted octanol–water partition coefficient (Wildman–Crippen LogP) is 1.08. The highest BCUT2D eigenvalue weighted by Gasteiger charge is 2.20. The highest BCUT2D eigenvalue weighted by atomic mass is 32.2. The first-order valence-corrected chi connectivity index (χ1v) is 8.77. The van der Waals surface area contributed by atoms with E-state index in [9.17, 15) is 13.2 Å². The van der Waals surface area contributed by atoms with Crippen LogP contribution in [0, 0.1) is 0 Å². The van der Waals surface area contributed by atoms with E-state index in [0.29, 0.717) is 30.0 Å². The van der Waals surface area contributed by atoms with Gasteiger partial charge in [-0.05, 0) is 24.6 Å². The van der Waals surface area contributed by atoms with Gasteiger partial charge < -0.3 is 9.15 Å². The SMILES string of the molecule is O=c1[nH]c2cc(S(=O)(=O)Nc3cnn(C4CCOC4)c3)ccc2o1. The molecular formula is C14H14N4O5S. The number of ether oxygens (including phenoxy) is 1. The Morgan fingerprint density at radius 3 is 3.04 bits per heavy atom. The second-order valence-electron chi connectivity index (χ2n) is 5.50. The summed E-state index contributed by atoms with van der Waals surface area (Å²) in [6.45, 7) is 1.24. The van der Waals surface area contributed by atoms with Crippen LogP contribution in [-0.2, 0) is 14.8 Å². The summed E-state index contributed by atoms with van der Waals surface area (Å²) in [6, 6.07) is 4.27. The Bertz CT molecular complexity index is 1040. The largest absolute Gasteiger partial charge is 0.417 e. The van der Waals surface area contributed by atoms with Crippen molar-refractivity contribution in [1.29, 1.82) is 0 Å². The quantitative estimate of drug-likeness (QED) is 0.727. The Balaban J connectivity index is 1.60. The Kier molecular flexibility index (Phi) is 3.43. The van der Waals surface area contributed by atoms with E-state index in [1.165, 1.54) is 24.4 Å². The van der Waals surface area contributed by atoms with Crippen LogP contribution in [0.1, 0.15) is 12.5 Å². The molecule has 1 aliphatic rings. The lowest BCUT2D eigenvalue weighted by Crippen LogP contribution is -2.13. The van der Waals surface area contributed by atoms with Crippen LogP contribution in [0.3, 0.4) is 0 Å². The van der Waals surface area contributed by atoms with Crippen LogP contribution in [0.4, 0.5) is 5.69 Å². The van der Waals surface area contributed by atoms with Gasteiger partial charge in [0.1, 0.15) is 0 Å². The van der Waals surface area contributed by atoms with Gasteiger partial charge in [-0.25, -0.2) is 13.2 Å². The molecular weight excluding hydrogens is 336 g/mol. The summed E-state index contributed by atoms with van der Waals surface area (Å²) in [7, 11) is -3.80. The van der Waals surface area contributed by atoms with Gasteiger partial charge in [0.25, 0.3) is 10.0 Å². The average molecular weight is 350 g/mol. The molecule has 2 aromatic heterocycles. The molecule has 1 aliphatic heterocycles. The minimum Gasteiger partial charge on any atom is -0.408 e. The molecule has 126 valence electrons. The van der Waals surface area contributed by atoms with Gasteiger partial charge in [-0.3, -0.25) is 14.4 Å². The second-order valence-corrected chi connectivity index (χ2v) is 7.19. The number of hydrogen-bond acceptors (Lipinski definition) is 6. The number of aromatic nitrogens is 3. The molecule has 2 N–H and O–H groups in total. The van der Waals surface area contributed by atoms with Crippen LogP contribution in [-0.4, -0.2) is 36.4 Å². The van der Waals surface area contributed by atoms with E-state index in [-0.39, 0.29) is 10.9 Å². The molecule has 0 aliphatic carbocycles. The maximum Gasteiger partial charge on any atom is 0.417 e. The molecule has 1 aromatic carbocycles. The Labute approximate surface area is 136 Å². The molecule has 3 heterocycles. The van der Waals surface area contributed by atoms with Crippen molar-refractivity contribution < 1.29 is 17.6 Å². The van der Waals surface area contributed by atoms with E-state index in [1.54, 1.807) is 10.9 Å². The van der Waals surface area contributed by atoms with E-state index in [4.69, 9.17) is 9.15 Å². The number of H-pyrrole nitrogens is 1. The molecule has 1 saturated heterocycles. The van der Waals surface area contributed by atoms with E-state index in [1.807, 2.05) is 0 Å². The maximum atomic E-state index is 12.5. The number of nitrogens with zero attached hydrogens (tertiary/aromatic N) is 2. The zero-order valence-corrected chi connectivity index (χ0v) is 13.2. The lowest BCUT2D eigenvalue weighted by molar-refractivity contribution is 0.184. The summed E-state index contributed by atoms with van der Waals surface area (Å²) in [5.74, 6) is -0.632. The molecule has 0 bridgehead atoms. The molecule has 1 unspecified atom stereocenters. The van der Waals surface area contributed by atoms with E-state index < -0.39 is 15.8 Å². The van der Waals surface area contributed by atoms with Crippen molar-refractivity contribution in [2.24, 2.45) is 0 Å². The van der Waals surface area contributed by atoms with Crippen LogP contribution < -0.4 is 10.5 Å². The van der Waals surface area contributed by atoms with Gasteiger partial charge in [0.2, 0.25) is 0 Å². The maximum absolute atomic E-state index is 12.5. The smallest absolute Gasteiger partial charge is 0.408 e. The summed E-state index contributed by atoms with van der Waals surface area (Å²) < 4.78 is 39.3. The van der Waals surface area contributed by atoms with E-state index in [0.717, 1.165) is 6.42 Å². The monoisotopic (exact) mass is 350 g/mol. The van der Waals surface area contributed by atoms with Gasteiger partial charge in [-0.15, -0.1) is 0 Å². The number of anilines is 1. The number of aromatic amines is 1. The van der Waals surface area contributed by atoms with E-state index in [2.05, 4.69) is 14.8 Å². The summed E-state index contributed by atoms with van der Waals surface area (Å²) in [5.41, 5.74) is 0.984. The standard InChI is InChI=1S/C14H14N4O5S/c19-14-16-12-5-11(1-2-13(12)23-14)24(20,21)17-9-6-15-18(7-9)10-3-4-22-8-10/h1-2,5-7,10,17H,3-4,8H2,(H,16,19). The normalized spacial score (nSPS) is 18.2. The third-order valence-corrected chi connectivity index (χ3v) is 5.21. The van der Waals surface area contributed by atoms with Gasteiger partial charge in [0.15, 0.2) is 5.58 Å². The van der Waals surface area contributed by atoms with Gasteiger partial charge in [0.05, 0.1) is 34.9 Å². The lowest BCUT2D eigenvalue weighted by atomic mass is 10.3. The summed E-state index contributed by atoms with van der Waals surface area (Å²) in [6.07, 6.45) is 3.93. The third kappa shape index (κ3) is 2.69. The molecule has 3 aromatic rings. The van der Waals surface area contributed by atoms with Crippen molar-refractivity contribution in [2.45, 2.75) is 17.4 Å². The zero-order chi connectivity index (χ0) is 16.7. The Hall–Kier alpha value is -2.59. The van der Waals surface area contributed by atoms with Crippen LogP contribution in [0.5, 0.6) is 0 Å². The number of rotatable bonds is 4. The van der Waals surface area contributed by atoms with Crippen molar-refractivity contribution in [3.8, 4) is 0 Å². The van der Waals surface area contributed by atoms with Crippen molar-refractivity contribution in [1.82, 2.24) is 14.8 Å². The highest BCUT2D eigenvalue weighted by Crippen LogP contribution is 2.22. The summed E-state index contributed by atoms with van der Waals surface area (Å²) >= 11 is 0. The minimum atomic E-state index is -3.80. The Morgan fingerprint density at radius 2 is 2.25 bits per heavy atom. The van der Waals surface area contributed by atoms with Crippen LogP contribution in [0.15, 0.2) is 44.7 Å². The van der Waals surface area contributed by atoms with Crippen LogP contribution in [0.25, 0.3) is 11.1 Å². The number of benzene rings is 1. The molecule has 1 fully saturated rings. The molecule has 4 rings (SSSR count). The lowest BCUT2D eigenvalue weighted by Gasteiger charge is -2.08. The molecule has 0 saturated carbocycles. The fraction of sp³-hybridized carbons (Fsp3) is 0.286. The highest BCUT2D eigenvalue weighted by molar-refractivity contribution is 7.92. The van der Waals surface area contributed by atoms with Gasteiger partial charge >= 0.3 is 5.76 Å². The number of nitrogens with one attached hydrogen (secondary N) is 2. The first kappa shape index (κ1) is 15.0. The molecule has 9 nitrogen and oxygen atoms in total. The number of oxazole rings is 1. The predicted molar refractivity (Wildman–Crippen MR) is 84.3 cm³/mol. The van der Waals surface area contributed by atoms with E-state index >= 15 is 0 Å². The van der Waals surface area contributed by atoms with Gasteiger partial charge in [-0.1, -0.05) is 0 Å². The van der Waals surface area contributed by atoms with Crippen molar-refractivity contribution in [3.05, 3.63) is 41.1 Å². The molecule has 0 amide bonds. The molecule has 0 radical (unpaired) electrons. The number of hydrogen-bond donors (Lipinski definition) is 2. The topological polar surface area (TPSA) is 119 Å². The number of fused-ring (bicyclic) bond motifs is 1. The molecule has 24 heavy (non-hydrogen) atoms. The third-order valence-electron chi connectivity index (χ3n) is 3.83. The van der Waals surface area contributed by atoms with Gasteiger partial charge in [-0.2, -0.15) is 5.10 Å². The summed E-state index contributed by atoms with van der Waals surface area (Å²) in [4.78, 5) is 13.6. The van der Waals surface area contributed by atoms with Crippen LogP contribution in [0.2, 0.25) is 0 Å². The molecule has 1 atom stereocenters. The van der Waals surface area contributed by atoms with Crippen molar-refractivity contribution in [3.63, 3.8) is 0 Å². The van der Waals surface area contributed by atoms with Crippen LogP contribution >= 0.6 is 0 Å². The summed E-state index contributed by atoms with van der Waals surface area (Å²) in [5, 5.41) is 4.18. The Morgan fingerprint density at radius 1 is 1.38 bits per heavy atom.